The van der Waals surface area contributed by atoms with Gasteiger partial charge in [-0.1, -0.05) is 0 Å². The van der Waals surface area contributed by atoms with Crippen molar-refractivity contribution in [3.63, 3.8) is 0 Å². The Bertz CT molecular complexity index is 929. The third-order valence-electron chi connectivity index (χ3n) is 5.24. The van der Waals surface area contributed by atoms with Crippen LogP contribution in [-0.2, 0) is 4.79 Å². The number of rotatable bonds is 6. The normalized spacial score (nSPS) is 24.7. The fourth-order valence-corrected chi connectivity index (χ4v) is 3.36. The van der Waals surface area contributed by atoms with Crippen molar-refractivity contribution in [2.45, 2.75) is 51.0 Å². The summed E-state index contributed by atoms with van der Waals surface area (Å²) < 4.78 is 1.76. The first-order valence-corrected chi connectivity index (χ1v) is 9.46. The standard InChI is InChI=1S/C18H23N7O2/c1-9(10-2-3-10)20-14-7-15(21-12-4-5-12)25-16(23-14)11(8-19-25)6-13-17(26)24-18(27)22-13/h6-10,12,18,21-22,27H,2-5H2,1H3,(H,20,23)(H,24,26)/b13-6-/t9-,18?/m0/s1. The number of aliphatic hydroxyl groups is 1. The Morgan fingerprint density at radius 3 is 2.81 bits per heavy atom. The zero-order valence-electron chi connectivity index (χ0n) is 15.1. The molecule has 1 saturated heterocycles. The van der Waals surface area contributed by atoms with E-state index >= 15 is 0 Å². The van der Waals surface area contributed by atoms with Crippen molar-refractivity contribution in [3.05, 3.63) is 23.5 Å². The summed E-state index contributed by atoms with van der Waals surface area (Å²) in [5.74, 6) is 2.05. The van der Waals surface area contributed by atoms with Crippen LogP contribution in [0, 0.1) is 5.92 Å². The van der Waals surface area contributed by atoms with Crippen molar-refractivity contribution < 1.29 is 9.90 Å². The van der Waals surface area contributed by atoms with Crippen molar-refractivity contribution >= 4 is 29.3 Å². The lowest BCUT2D eigenvalue weighted by Crippen LogP contribution is -2.30. The third kappa shape index (κ3) is 3.30. The van der Waals surface area contributed by atoms with Crippen LogP contribution in [0.15, 0.2) is 18.0 Å². The minimum absolute atomic E-state index is 0.292. The second kappa shape index (κ2) is 6.12. The van der Waals surface area contributed by atoms with Crippen LogP contribution < -0.4 is 21.3 Å². The number of hydrogen-bond donors (Lipinski definition) is 5. The quantitative estimate of drug-likeness (QED) is 0.480. The average Bonchev–Trinajstić information content (AvgIpc) is 3.53. The van der Waals surface area contributed by atoms with Gasteiger partial charge in [-0.3, -0.25) is 4.79 Å². The molecule has 1 amide bonds. The van der Waals surface area contributed by atoms with Gasteiger partial charge in [-0.05, 0) is 44.6 Å². The Kier molecular flexibility index (Phi) is 3.71. The maximum atomic E-state index is 11.9. The van der Waals surface area contributed by atoms with Gasteiger partial charge in [-0.15, -0.1) is 0 Å². The first-order chi connectivity index (χ1) is 13.1. The van der Waals surface area contributed by atoms with Gasteiger partial charge in [0, 0.05) is 23.7 Å². The van der Waals surface area contributed by atoms with Crippen LogP contribution in [0.3, 0.4) is 0 Å². The Labute approximate surface area is 156 Å². The molecule has 1 unspecified atom stereocenters. The number of carbonyl (C=O) groups excluding carboxylic acids is 1. The number of amides is 1. The van der Waals surface area contributed by atoms with Gasteiger partial charge in [-0.2, -0.15) is 9.61 Å². The number of aliphatic hydroxyl groups excluding tert-OH is 1. The van der Waals surface area contributed by atoms with E-state index in [1.54, 1.807) is 16.8 Å². The molecule has 2 atom stereocenters. The van der Waals surface area contributed by atoms with Gasteiger partial charge in [0.25, 0.3) is 5.91 Å². The van der Waals surface area contributed by atoms with Crippen molar-refractivity contribution in [3.8, 4) is 0 Å². The smallest absolute Gasteiger partial charge is 0.270 e. The van der Waals surface area contributed by atoms with Crippen molar-refractivity contribution in [2.75, 3.05) is 10.6 Å². The summed E-state index contributed by atoms with van der Waals surface area (Å²) in [5, 5.41) is 26.1. The summed E-state index contributed by atoms with van der Waals surface area (Å²) in [6, 6.07) is 2.85. The lowest BCUT2D eigenvalue weighted by molar-refractivity contribution is -0.117. The van der Waals surface area contributed by atoms with E-state index in [2.05, 4.69) is 33.3 Å². The predicted molar refractivity (Wildman–Crippen MR) is 101 cm³/mol. The van der Waals surface area contributed by atoms with E-state index in [4.69, 9.17) is 4.98 Å². The fourth-order valence-electron chi connectivity index (χ4n) is 3.36. The van der Waals surface area contributed by atoms with Crippen molar-refractivity contribution in [1.82, 2.24) is 25.2 Å². The van der Waals surface area contributed by atoms with Crippen LogP contribution in [0.25, 0.3) is 11.7 Å². The monoisotopic (exact) mass is 369 g/mol. The highest BCUT2D eigenvalue weighted by Crippen LogP contribution is 2.34. The van der Waals surface area contributed by atoms with Crippen LogP contribution in [0.1, 0.15) is 38.2 Å². The Balaban J connectivity index is 1.53. The van der Waals surface area contributed by atoms with Gasteiger partial charge in [0.1, 0.15) is 17.3 Å². The number of hydrogen-bond acceptors (Lipinski definition) is 7. The zero-order chi connectivity index (χ0) is 18.5. The molecule has 142 valence electrons. The fraction of sp³-hybridized carbons (Fsp3) is 0.500. The molecule has 2 aromatic heterocycles. The minimum Gasteiger partial charge on any atom is -0.367 e. The molecule has 0 aromatic carbocycles. The molecule has 5 N–H and O–H groups in total. The lowest BCUT2D eigenvalue weighted by atomic mass is 10.2. The van der Waals surface area contributed by atoms with Gasteiger partial charge >= 0.3 is 0 Å². The molecule has 3 heterocycles. The number of nitrogens with one attached hydrogen (secondary N) is 4. The van der Waals surface area contributed by atoms with Crippen LogP contribution in [0.4, 0.5) is 11.6 Å². The first-order valence-electron chi connectivity index (χ1n) is 9.46. The number of anilines is 2. The summed E-state index contributed by atoms with van der Waals surface area (Å²) in [4.78, 5) is 16.6. The average molecular weight is 369 g/mol. The summed E-state index contributed by atoms with van der Waals surface area (Å²) in [6.07, 6.45) is 7.11. The van der Waals surface area contributed by atoms with Gasteiger partial charge in [0.05, 0.1) is 6.20 Å². The highest BCUT2D eigenvalue weighted by atomic mass is 16.3. The highest BCUT2D eigenvalue weighted by molar-refractivity contribution is 6.00. The summed E-state index contributed by atoms with van der Waals surface area (Å²) >= 11 is 0. The molecular weight excluding hydrogens is 346 g/mol. The second-order valence-corrected chi connectivity index (χ2v) is 7.63. The van der Waals surface area contributed by atoms with E-state index < -0.39 is 6.35 Å². The van der Waals surface area contributed by atoms with E-state index in [0.29, 0.717) is 34.9 Å². The molecule has 9 heteroatoms. The van der Waals surface area contributed by atoms with Gasteiger partial charge < -0.3 is 26.4 Å². The molecule has 5 rings (SSSR count). The van der Waals surface area contributed by atoms with E-state index in [1.807, 2.05) is 6.07 Å². The number of nitrogens with zero attached hydrogens (tertiary/aromatic N) is 3. The van der Waals surface area contributed by atoms with Crippen molar-refractivity contribution in [2.24, 2.45) is 5.92 Å². The molecule has 3 aliphatic rings. The van der Waals surface area contributed by atoms with Crippen LogP contribution in [0.2, 0.25) is 0 Å². The molecule has 0 spiro atoms. The van der Waals surface area contributed by atoms with E-state index in [1.165, 1.54) is 12.8 Å². The summed E-state index contributed by atoms with van der Waals surface area (Å²) in [7, 11) is 0. The molecule has 1 aliphatic heterocycles. The molecule has 2 aromatic rings. The second-order valence-electron chi connectivity index (χ2n) is 7.63. The minimum atomic E-state index is -1.07. The van der Waals surface area contributed by atoms with Gasteiger partial charge in [0.15, 0.2) is 5.65 Å². The Hall–Kier alpha value is -2.81. The molecule has 0 bridgehead atoms. The van der Waals surface area contributed by atoms with E-state index in [-0.39, 0.29) is 5.91 Å². The number of aromatic nitrogens is 3. The third-order valence-corrected chi connectivity index (χ3v) is 5.24. The number of fused-ring (bicyclic) bond motifs is 1. The summed E-state index contributed by atoms with van der Waals surface area (Å²) in [5.41, 5.74) is 1.67. The molecule has 27 heavy (non-hydrogen) atoms. The van der Waals surface area contributed by atoms with Crippen LogP contribution >= 0.6 is 0 Å². The molecule has 2 aliphatic carbocycles. The topological polar surface area (TPSA) is 116 Å². The molecule has 3 fully saturated rings. The highest BCUT2D eigenvalue weighted by Gasteiger charge is 2.29. The van der Waals surface area contributed by atoms with Gasteiger partial charge in [0.2, 0.25) is 6.35 Å². The maximum Gasteiger partial charge on any atom is 0.270 e. The molecule has 9 nitrogen and oxygen atoms in total. The van der Waals surface area contributed by atoms with Crippen LogP contribution in [-0.4, -0.2) is 44.0 Å². The zero-order valence-corrected chi connectivity index (χ0v) is 15.1. The Morgan fingerprint density at radius 2 is 2.15 bits per heavy atom. The van der Waals surface area contributed by atoms with Crippen molar-refractivity contribution in [1.29, 1.82) is 0 Å². The SMILES string of the molecule is C[C@H](Nc1cc(NC2CC2)n2ncc(/C=C3\NC(O)NC3=O)c2n1)C1CC1. The van der Waals surface area contributed by atoms with E-state index in [9.17, 15) is 9.90 Å². The summed E-state index contributed by atoms with van der Waals surface area (Å²) in [6.45, 7) is 2.19. The molecule has 2 saturated carbocycles. The molecular formula is C18H23N7O2. The lowest BCUT2D eigenvalue weighted by Gasteiger charge is -2.16. The first kappa shape index (κ1) is 16.4. The Morgan fingerprint density at radius 1 is 1.33 bits per heavy atom. The predicted octanol–water partition coefficient (Wildman–Crippen LogP) is 0.850. The largest absolute Gasteiger partial charge is 0.367 e. The van der Waals surface area contributed by atoms with E-state index in [0.717, 1.165) is 24.5 Å². The van der Waals surface area contributed by atoms with Gasteiger partial charge in [-0.25, -0.2) is 4.98 Å². The number of carbonyl (C=O) groups is 1. The molecule has 0 radical (unpaired) electrons. The maximum absolute atomic E-state index is 11.9. The van der Waals surface area contributed by atoms with Crippen LogP contribution in [0.5, 0.6) is 0 Å².